The van der Waals surface area contributed by atoms with E-state index in [1.807, 2.05) is 25.5 Å². The second kappa shape index (κ2) is 9.12. The molecule has 34 heavy (non-hydrogen) atoms. The summed E-state index contributed by atoms with van der Waals surface area (Å²) >= 11 is 1.40. The average molecular weight is 476 g/mol. The minimum atomic E-state index is -0.380. The summed E-state index contributed by atoms with van der Waals surface area (Å²) in [4.78, 5) is 1.55. The predicted molar refractivity (Wildman–Crippen MR) is 131 cm³/mol. The van der Waals surface area contributed by atoms with Crippen LogP contribution in [-0.4, -0.2) is 32.5 Å². The molecule has 4 aromatic rings. The highest BCUT2D eigenvalue weighted by atomic mass is 32.2. The Morgan fingerprint density at radius 1 is 1.15 bits per heavy atom. The SMILES string of the molecule is CNC1CCC(n2ncc(-c3cc(Sc4ccc(F)cc4N)c4c(C#N)cnn4c3)c2C)CC1. The molecule has 0 unspecified atom stereocenters. The molecule has 1 saturated carbocycles. The third-order valence-corrected chi connectivity index (χ3v) is 7.82. The summed E-state index contributed by atoms with van der Waals surface area (Å²) in [6.07, 6.45) is 9.90. The monoisotopic (exact) mass is 475 g/mol. The molecule has 0 saturated heterocycles. The van der Waals surface area contributed by atoms with Crippen LogP contribution in [-0.2, 0) is 0 Å². The third-order valence-electron chi connectivity index (χ3n) is 6.70. The lowest BCUT2D eigenvalue weighted by Crippen LogP contribution is -2.31. The van der Waals surface area contributed by atoms with Crippen molar-refractivity contribution < 1.29 is 4.39 Å². The summed E-state index contributed by atoms with van der Waals surface area (Å²) in [5.41, 5.74) is 10.7. The number of benzene rings is 1. The van der Waals surface area contributed by atoms with Gasteiger partial charge in [0.1, 0.15) is 11.9 Å². The fraction of sp³-hybridized carbons (Fsp3) is 0.320. The number of nitrogens with two attached hydrogens (primary N) is 1. The molecule has 3 aromatic heterocycles. The van der Waals surface area contributed by atoms with Crippen LogP contribution in [0, 0.1) is 24.1 Å². The zero-order valence-corrected chi connectivity index (χ0v) is 19.9. The van der Waals surface area contributed by atoms with Crippen LogP contribution in [0.1, 0.15) is 43.0 Å². The number of aromatic nitrogens is 4. The molecule has 0 radical (unpaired) electrons. The maximum Gasteiger partial charge on any atom is 0.125 e. The number of nitriles is 1. The molecule has 0 amide bonds. The highest BCUT2D eigenvalue weighted by molar-refractivity contribution is 7.99. The second-order valence-corrected chi connectivity index (χ2v) is 9.81. The van der Waals surface area contributed by atoms with Crippen molar-refractivity contribution in [1.82, 2.24) is 24.7 Å². The molecule has 3 N–H and O–H groups in total. The summed E-state index contributed by atoms with van der Waals surface area (Å²) in [6, 6.07) is 9.59. The largest absolute Gasteiger partial charge is 0.398 e. The lowest BCUT2D eigenvalue weighted by Gasteiger charge is -2.29. The Hall–Kier alpha value is -3.35. The summed E-state index contributed by atoms with van der Waals surface area (Å²) in [5.74, 6) is -0.380. The Morgan fingerprint density at radius 3 is 2.65 bits per heavy atom. The molecule has 1 aliphatic rings. The number of rotatable bonds is 5. The Balaban J connectivity index is 1.55. The number of nitrogens with zero attached hydrogens (tertiary/aromatic N) is 5. The van der Waals surface area contributed by atoms with Crippen molar-refractivity contribution in [3.05, 3.63) is 59.9 Å². The van der Waals surface area contributed by atoms with E-state index in [9.17, 15) is 9.65 Å². The maximum absolute atomic E-state index is 13.6. The van der Waals surface area contributed by atoms with Gasteiger partial charge in [0, 0.05) is 44.5 Å². The number of anilines is 1. The lowest BCUT2D eigenvalue weighted by molar-refractivity contribution is 0.281. The van der Waals surface area contributed by atoms with Crippen LogP contribution in [0.3, 0.4) is 0 Å². The van der Waals surface area contributed by atoms with E-state index in [0.29, 0.717) is 28.9 Å². The first-order valence-electron chi connectivity index (χ1n) is 11.3. The number of hydrogen-bond donors (Lipinski definition) is 2. The average Bonchev–Trinajstić information content (AvgIpc) is 3.44. The van der Waals surface area contributed by atoms with Gasteiger partial charge in [-0.05, 0) is 63.9 Å². The van der Waals surface area contributed by atoms with Crippen LogP contribution >= 0.6 is 11.8 Å². The summed E-state index contributed by atoms with van der Waals surface area (Å²) in [7, 11) is 2.03. The first kappa shape index (κ1) is 22.4. The van der Waals surface area contributed by atoms with E-state index in [1.165, 1.54) is 23.9 Å². The van der Waals surface area contributed by atoms with Gasteiger partial charge in [-0.1, -0.05) is 11.8 Å². The second-order valence-electron chi connectivity index (χ2n) is 8.72. The molecule has 0 bridgehead atoms. The molecule has 3 heterocycles. The summed E-state index contributed by atoms with van der Waals surface area (Å²) in [6.45, 7) is 2.10. The van der Waals surface area contributed by atoms with Crippen LogP contribution in [0.4, 0.5) is 10.1 Å². The summed E-state index contributed by atoms with van der Waals surface area (Å²) in [5, 5.41) is 22.2. The van der Waals surface area contributed by atoms with Crippen LogP contribution in [0.15, 0.2) is 52.6 Å². The topological polar surface area (TPSA) is 97.0 Å². The molecule has 0 atom stereocenters. The normalized spacial score (nSPS) is 18.3. The number of nitrogens with one attached hydrogen (secondary N) is 1. The van der Waals surface area contributed by atoms with Crippen molar-refractivity contribution in [1.29, 1.82) is 5.26 Å². The van der Waals surface area contributed by atoms with Gasteiger partial charge in [0.15, 0.2) is 0 Å². The minimum absolute atomic E-state index is 0.354. The molecule has 1 fully saturated rings. The number of nitrogen functional groups attached to an aromatic ring is 1. The summed E-state index contributed by atoms with van der Waals surface area (Å²) < 4.78 is 17.5. The van der Waals surface area contributed by atoms with E-state index in [1.54, 1.807) is 16.8 Å². The molecule has 0 spiro atoms. The number of fused-ring (bicyclic) bond motifs is 1. The standard InChI is InChI=1S/C25H26FN7S/c1-15-21(13-31-33(15)20-6-4-19(29-2)5-7-20)16-9-24(25-17(11-27)12-30-32(25)14-16)34-23-8-3-18(26)10-22(23)28/h3,8-10,12-14,19-20,29H,4-7,28H2,1-2H3. The van der Waals surface area contributed by atoms with Crippen molar-refractivity contribution >= 4 is 23.0 Å². The first-order valence-corrected chi connectivity index (χ1v) is 12.2. The minimum Gasteiger partial charge on any atom is -0.398 e. The molecular weight excluding hydrogens is 449 g/mol. The molecule has 1 aromatic carbocycles. The predicted octanol–water partition coefficient (Wildman–Crippen LogP) is 4.95. The molecule has 0 aliphatic heterocycles. The molecule has 1 aliphatic carbocycles. The molecule has 9 heteroatoms. The van der Waals surface area contributed by atoms with Crippen LogP contribution in [0.5, 0.6) is 0 Å². The van der Waals surface area contributed by atoms with Crippen LogP contribution in [0.25, 0.3) is 16.6 Å². The quantitative estimate of drug-likeness (QED) is 0.396. The van der Waals surface area contributed by atoms with E-state index in [0.717, 1.165) is 52.3 Å². The van der Waals surface area contributed by atoms with Gasteiger partial charge >= 0.3 is 0 Å². The van der Waals surface area contributed by atoms with E-state index in [4.69, 9.17) is 10.8 Å². The van der Waals surface area contributed by atoms with E-state index in [2.05, 4.69) is 28.1 Å². The molecule has 174 valence electrons. The van der Waals surface area contributed by atoms with Gasteiger partial charge in [0.2, 0.25) is 0 Å². The van der Waals surface area contributed by atoms with Gasteiger partial charge in [-0.15, -0.1) is 0 Å². The Morgan fingerprint density at radius 2 is 1.94 bits per heavy atom. The molecule has 7 nitrogen and oxygen atoms in total. The number of hydrogen-bond acceptors (Lipinski definition) is 6. The fourth-order valence-corrected chi connectivity index (χ4v) is 5.84. The van der Waals surface area contributed by atoms with Gasteiger partial charge in [-0.2, -0.15) is 15.5 Å². The smallest absolute Gasteiger partial charge is 0.125 e. The highest BCUT2D eigenvalue weighted by Gasteiger charge is 2.24. The first-order chi connectivity index (χ1) is 16.5. The van der Waals surface area contributed by atoms with E-state index >= 15 is 0 Å². The van der Waals surface area contributed by atoms with Gasteiger partial charge < -0.3 is 11.1 Å². The van der Waals surface area contributed by atoms with Gasteiger partial charge in [-0.3, -0.25) is 4.68 Å². The fourth-order valence-electron chi connectivity index (χ4n) is 4.81. The van der Waals surface area contributed by atoms with Crippen molar-refractivity contribution in [3.63, 3.8) is 0 Å². The van der Waals surface area contributed by atoms with E-state index in [-0.39, 0.29) is 5.82 Å². The maximum atomic E-state index is 13.6. The number of halogens is 1. The molecular formula is C25H26FN7S. The van der Waals surface area contributed by atoms with Crippen LogP contribution in [0.2, 0.25) is 0 Å². The van der Waals surface area contributed by atoms with Crippen LogP contribution < -0.4 is 11.1 Å². The third kappa shape index (κ3) is 4.04. The Kier molecular flexibility index (Phi) is 6.02. The van der Waals surface area contributed by atoms with Gasteiger partial charge in [0.05, 0.1) is 29.5 Å². The van der Waals surface area contributed by atoms with Gasteiger partial charge in [0.25, 0.3) is 0 Å². The van der Waals surface area contributed by atoms with Crippen molar-refractivity contribution in [3.8, 4) is 17.2 Å². The Bertz CT molecular complexity index is 1390. The van der Waals surface area contributed by atoms with Crippen molar-refractivity contribution in [2.45, 2.75) is 54.5 Å². The van der Waals surface area contributed by atoms with Crippen molar-refractivity contribution in [2.75, 3.05) is 12.8 Å². The number of pyridine rings is 1. The Labute approximate surface area is 201 Å². The zero-order valence-electron chi connectivity index (χ0n) is 19.1. The van der Waals surface area contributed by atoms with Gasteiger partial charge in [-0.25, -0.2) is 8.91 Å². The van der Waals surface area contributed by atoms with Crippen molar-refractivity contribution in [2.24, 2.45) is 0 Å². The lowest BCUT2D eigenvalue weighted by atomic mass is 9.91. The van der Waals surface area contributed by atoms with E-state index < -0.39 is 0 Å². The zero-order chi connectivity index (χ0) is 23.8. The highest BCUT2D eigenvalue weighted by Crippen LogP contribution is 2.39. The molecule has 5 rings (SSSR count).